The van der Waals surface area contributed by atoms with E-state index in [-0.39, 0.29) is 12.6 Å². The van der Waals surface area contributed by atoms with Gasteiger partial charge in [0, 0.05) is 27.2 Å². The lowest BCUT2D eigenvalue weighted by molar-refractivity contribution is 0.0924. The van der Waals surface area contributed by atoms with Crippen molar-refractivity contribution in [1.29, 1.82) is 0 Å². The van der Waals surface area contributed by atoms with Crippen LogP contribution in [0, 0.1) is 5.92 Å². The van der Waals surface area contributed by atoms with Crippen LogP contribution in [0.1, 0.15) is 19.8 Å². The number of para-hydroxylation sites is 2. The van der Waals surface area contributed by atoms with E-state index in [9.17, 15) is 9.90 Å². The average molecular weight is 334 g/mol. The van der Waals surface area contributed by atoms with Crippen molar-refractivity contribution in [2.75, 3.05) is 50.5 Å². The lowest BCUT2D eigenvalue weighted by atomic mass is 9.99. The molecule has 134 valence electrons. The largest absolute Gasteiger partial charge is 0.390 e. The Labute approximate surface area is 144 Å². The monoisotopic (exact) mass is 334 g/mol. The highest BCUT2D eigenvalue weighted by Crippen LogP contribution is 2.23. The Balaban J connectivity index is 1.75. The predicted molar refractivity (Wildman–Crippen MR) is 98.6 cm³/mol. The molecule has 1 unspecified atom stereocenters. The second-order valence-electron chi connectivity index (χ2n) is 6.88. The number of likely N-dealkylation sites (tertiary alicyclic amines) is 1. The molecule has 0 spiro atoms. The zero-order valence-electron chi connectivity index (χ0n) is 15.0. The molecule has 0 aromatic heterocycles. The third kappa shape index (κ3) is 5.69. The van der Waals surface area contributed by atoms with Crippen LogP contribution in [-0.4, -0.2) is 62.4 Å². The second kappa shape index (κ2) is 8.89. The van der Waals surface area contributed by atoms with Gasteiger partial charge in [0.2, 0.25) is 0 Å². The number of urea groups is 1. The minimum Gasteiger partial charge on any atom is -0.390 e. The van der Waals surface area contributed by atoms with Gasteiger partial charge in [-0.2, -0.15) is 0 Å². The Kier molecular flexibility index (Phi) is 6.87. The van der Waals surface area contributed by atoms with Crippen LogP contribution in [0.25, 0.3) is 0 Å². The molecular formula is C18H30N4O2. The molecule has 0 saturated carbocycles. The van der Waals surface area contributed by atoms with Crippen molar-refractivity contribution in [2.45, 2.75) is 25.9 Å². The summed E-state index contributed by atoms with van der Waals surface area (Å²) in [5, 5.41) is 15.7. The maximum Gasteiger partial charge on any atom is 0.319 e. The van der Waals surface area contributed by atoms with E-state index >= 15 is 0 Å². The van der Waals surface area contributed by atoms with Crippen molar-refractivity contribution >= 4 is 17.4 Å². The van der Waals surface area contributed by atoms with Gasteiger partial charge in [-0.15, -0.1) is 0 Å². The Morgan fingerprint density at radius 1 is 1.33 bits per heavy atom. The third-order valence-electron chi connectivity index (χ3n) is 4.48. The molecule has 0 aliphatic carbocycles. The number of benzene rings is 1. The summed E-state index contributed by atoms with van der Waals surface area (Å²) in [5.74, 6) is 0.777. The van der Waals surface area contributed by atoms with Gasteiger partial charge in [-0.25, -0.2) is 4.79 Å². The Morgan fingerprint density at radius 3 is 2.67 bits per heavy atom. The first kappa shape index (κ1) is 18.5. The van der Waals surface area contributed by atoms with E-state index in [4.69, 9.17) is 0 Å². The van der Waals surface area contributed by atoms with Crippen LogP contribution < -0.4 is 15.5 Å². The molecule has 3 N–H and O–H groups in total. The van der Waals surface area contributed by atoms with Gasteiger partial charge in [0.05, 0.1) is 17.5 Å². The number of piperidine rings is 1. The van der Waals surface area contributed by atoms with Gasteiger partial charge in [0.25, 0.3) is 0 Å². The molecular weight excluding hydrogens is 304 g/mol. The molecule has 0 radical (unpaired) electrons. The standard InChI is InChI=1S/C18H30N4O2/c1-14-8-10-22(11-9-14)13-15(23)12-19-18(24)20-16-6-4-5-7-17(16)21(2)3/h4-7,14-15,23H,8-13H2,1-3H3,(H2,19,20,24). The first-order valence-electron chi connectivity index (χ1n) is 8.67. The van der Waals surface area contributed by atoms with Gasteiger partial charge < -0.3 is 25.5 Å². The van der Waals surface area contributed by atoms with E-state index in [1.807, 2.05) is 43.3 Å². The maximum absolute atomic E-state index is 12.1. The summed E-state index contributed by atoms with van der Waals surface area (Å²) in [4.78, 5) is 16.3. The van der Waals surface area contributed by atoms with Gasteiger partial charge in [-0.3, -0.25) is 0 Å². The summed E-state index contributed by atoms with van der Waals surface area (Å²) in [5.41, 5.74) is 1.69. The molecule has 24 heavy (non-hydrogen) atoms. The first-order chi connectivity index (χ1) is 11.5. The van der Waals surface area contributed by atoms with Gasteiger partial charge in [-0.05, 0) is 44.0 Å². The van der Waals surface area contributed by atoms with Gasteiger partial charge >= 0.3 is 6.03 Å². The molecule has 1 aromatic carbocycles. The van der Waals surface area contributed by atoms with E-state index < -0.39 is 6.10 Å². The number of β-amino-alcohol motifs (C(OH)–C–C–N with tert-alkyl or cyclic N) is 1. The van der Waals surface area contributed by atoms with Crippen molar-refractivity contribution in [1.82, 2.24) is 10.2 Å². The lowest BCUT2D eigenvalue weighted by Crippen LogP contribution is -2.43. The summed E-state index contributed by atoms with van der Waals surface area (Å²) in [7, 11) is 3.86. The number of carbonyl (C=O) groups is 1. The number of amides is 2. The highest BCUT2D eigenvalue weighted by Gasteiger charge is 2.18. The van der Waals surface area contributed by atoms with E-state index in [0.29, 0.717) is 6.54 Å². The molecule has 2 amide bonds. The molecule has 1 aliphatic heterocycles. The van der Waals surface area contributed by atoms with E-state index in [1.165, 1.54) is 12.8 Å². The number of rotatable bonds is 6. The Morgan fingerprint density at radius 2 is 2.00 bits per heavy atom. The van der Waals surface area contributed by atoms with Crippen molar-refractivity contribution in [3.8, 4) is 0 Å². The molecule has 1 saturated heterocycles. The maximum atomic E-state index is 12.1. The molecule has 2 rings (SSSR count). The van der Waals surface area contributed by atoms with Crippen molar-refractivity contribution < 1.29 is 9.90 Å². The molecule has 1 atom stereocenters. The van der Waals surface area contributed by atoms with Crippen LogP contribution in [0.4, 0.5) is 16.2 Å². The lowest BCUT2D eigenvalue weighted by Gasteiger charge is -2.31. The molecule has 1 aromatic rings. The zero-order valence-corrected chi connectivity index (χ0v) is 15.0. The van der Waals surface area contributed by atoms with Crippen LogP contribution >= 0.6 is 0 Å². The van der Waals surface area contributed by atoms with Gasteiger partial charge in [0.1, 0.15) is 0 Å². The number of hydrogen-bond acceptors (Lipinski definition) is 4. The quantitative estimate of drug-likeness (QED) is 0.744. The molecule has 1 fully saturated rings. The highest BCUT2D eigenvalue weighted by molar-refractivity contribution is 5.93. The molecule has 6 nitrogen and oxygen atoms in total. The number of nitrogens with zero attached hydrogens (tertiary/aromatic N) is 2. The molecule has 1 aliphatic rings. The van der Waals surface area contributed by atoms with Crippen molar-refractivity contribution in [2.24, 2.45) is 5.92 Å². The van der Waals surface area contributed by atoms with Crippen LogP contribution in [0.3, 0.4) is 0 Å². The zero-order chi connectivity index (χ0) is 17.5. The minimum absolute atomic E-state index is 0.252. The van der Waals surface area contributed by atoms with Crippen molar-refractivity contribution in [3.05, 3.63) is 24.3 Å². The summed E-state index contributed by atoms with van der Waals surface area (Å²) < 4.78 is 0. The number of aliphatic hydroxyl groups is 1. The smallest absolute Gasteiger partial charge is 0.319 e. The predicted octanol–water partition coefficient (Wildman–Crippen LogP) is 1.97. The summed E-state index contributed by atoms with van der Waals surface area (Å²) in [6.45, 7) is 5.19. The van der Waals surface area contributed by atoms with E-state index in [1.54, 1.807) is 0 Å². The van der Waals surface area contributed by atoms with Gasteiger partial charge in [0.15, 0.2) is 0 Å². The number of carbonyl (C=O) groups excluding carboxylic acids is 1. The number of nitrogens with one attached hydrogen (secondary N) is 2. The number of aliphatic hydroxyl groups excluding tert-OH is 1. The summed E-state index contributed by atoms with van der Waals surface area (Å²) in [6.07, 6.45) is 1.82. The van der Waals surface area contributed by atoms with E-state index in [2.05, 4.69) is 22.5 Å². The average Bonchev–Trinajstić information content (AvgIpc) is 2.55. The van der Waals surface area contributed by atoms with Crippen molar-refractivity contribution in [3.63, 3.8) is 0 Å². The molecule has 0 bridgehead atoms. The summed E-state index contributed by atoms with van der Waals surface area (Å²) in [6, 6.07) is 7.33. The van der Waals surface area contributed by atoms with Crippen LogP contribution in [0.15, 0.2) is 24.3 Å². The second-order valence-corrected chi connectivity index (χ2v) is 6.88. The number of anilines is 2. The molecule has 1 heterocycles. The third-order valence-corrected chi connectivity index (χ3v) is 4.48. The van der Waals surface area contributed by atoms with Crippen LogP contribution in [0.5, 0.6) is 0 Å². The normalized spacial score (nSPS) is 17.3. The molecule has 6 heteroatoms. The summed E-state index contributed by atoms with van der Waals surface area (Å²) >= 11 is 0. The number of hydrogen-bond donors (Lipinski definition) is 3. The Bertz CT molecular complexity index is 528. The fourth-order valence-corrected chi connectivity index (χ4v) is 2.95. The van der Waals surface area contributed by atoms with Crippen LogP contribution in [0.2, 0.25) is 0 Å². The minimum atomic E-state index is -0.548. The fraction of sp³-hybridized carbons (Fsp3) is 0.611. The van der Waals surface area contributed by atoms with E-state index in [0.717, 1.165) is 30.4 Å². The van der Waals surface area contributed by atoms with Crippen LogP contribution in [-0.2, 0) is 0 Å². The first-order valence-corrected chi connectivity index (χ1v) is 8.67. The fourth-order valence-electron chi connectivity index (χ4n) is 2.95. The topological polar surface area (TPSA) is 67.8 Å². The van der Waals surface area contributed by atoms with Gasteiger partial charge in [-0.1, -0.05) is 19.1 Å². The highest BCUT2D eigenvalue weighted by atomic mass is 16.3. The Hall–Kier alpha value is -1.79. The SMILES string of the molecule is CC1CCN(CC(O)CNC(=O)Nc2ccccc2N(C)C)CC1.